The maximum atomic E-state index is 13.3. The Hall–Kier alpha value is -3.30. The summed E-state index contributed by atoms with van der Waals surface area (Å²) in [6, 6.07) is 6.19. The summed E-state index contributed by atoms with van der Waals surface area (Å²) in [5.41, 5.74) is 2.24. The zero-order valence-corrected chi connectivity index (χ0v) is 21.3. The van der Waals surface area contributed by atoms with E-state index in [0.717, 1.165) is 22.7 Å². The first kappa shape index (κ1) is 28.2. The lowest BCUT2D eigenvalue weighted by Gasteiger charge is -2.43. The summed E-state index contributed by atoms with van der Waals surface area (Å²) in [6.45, 7) is -1.01. The highest BCUT2D eigenvalue weighted by atomic mass is 16.8. The number of fused-ring (bicyclic) bond motifs is 2. The van der Waals surface area contributed by atoms with Gasteiger partial charge in [0.25, 0.3) is 5.91 Å². The normalized spacial score (nSPS) is 32.5. The van der Waals surface area contributed by atoms with Gasteiger partial charge in [-0.05, 0) is 23.6 Å². The zero-order valence-electron chi connectivity index (χ0n) is 21.3. The van der Waals surface area contributed by atoms with Crippen molar-refractivity contribution in [3.8, 4) is 0 Å². The third kappa shape index (κ3) is 5.24. The lowest BCUT2D eigenvalue weighted by Crippen LogP contribution is -2.60. The van der Waals surface area contributed by atoms with E-state index in [1.807, 2.05) is 24.3 Å². The zero-order chi connectivity index (χ0) is 28.6. The molecule has 3 aliphatic rings. The summed E-state index contributed by atoms with van der Waals surface area (Å²) in [5, 5.41) is 63.2. The Bertz CT molecular complexity index is 1300. The minimum Gasteiger partial charge on any atom is -0.480 e. The van der Waals surface area contributed by atoms with Crippen LogP contribution in [0.4, 0.5) is 0 Å². The molecule has 2 aliphatic heterocycles. The monoisotopic (exact) mass is 560 g/mol. The number of allylic oxidation sites excluding steroid dienone is 1. The van der Waals surface area contributed by atoms with Crippen LogP contribution in [-0.4, -0.2) is 104 Å². The highest BCUT2D eigenvalue weighted by Crippen LogP contribution is 2.44. The van der Waals surface area contributed by atoms with Gasteiger partial charge in [-0.15, -0.1) is 0 Å². The maximum absolute atomic E-state index is 13.3. The molecule has 1 saturated heterocycles. The number of para-hydroxylation sites is 1. The molecule has 5 rings (SSSR count). The molecule has 1 aromatic heterocycles. The molecule has 40 heavy (non-hydrogen) atoms. The number of hydrogen-bond acceptors (Lipinski definition) is 10. The van der Waals surface area contributed by atoms with Crippen LogP contribution < -0.4 is 5.32 Å². The number of ether oxygens (including phenoxy) is 3. The molecule has 216 valence electrons. The number of carbonyl (C=O) groups is 2. The number of aliphatic hydroxyl groups excluding tert-OH is 5. The predicted molar refractivity (Wildman–Crippen MR) is 136 cm³/mol. The lowest BCUT2D eigenvalue weighted by molar-refractivity contribution is -0.339. The summed E-state index contributed by atoms with van der Waals surface area (Å²) in [7, 11) is 0. The lowest BCUT2D eigenvalue weighted by atomic mass is 9.83. The average molecular weight is 561 g/mol. The van der Waals surface area contributed by atoms with Crippen LogP contribution in [0.25, 0.3) is 10.9 Å². The molecule has 1 aliphatic carbocycles. The predicted octanol–water partition coefficient (Wildman–Crippen LogP) is -1.11. The van der Waals surface area contributed by atoms with E-state index in [2.05, 4.69) is 10.3 Å². The Labute approximate surface area is 228 Å². The molecular formula is C27H32N2O11. The molecule has 9 unspecified atom stereocenters. The van der Waals surface area contributed by atoms with Gasteiger partial charge in [0.05, 0.1) is 31.0 Å². The van der Waals surface area contributed by atoms with E-state index in [9.17, 15) is 40.2 Å². The smallest absolute Gasteiger partial charge is 0.326 e. The number of carboxylic acid groups (broad SMARTS) is 1. The summed E-state index contributed by atoms with van der Waals surface area (Å²) in [5.74, 6) is -3.11. The summed E-state index contributed by atoms with van der Waals surface area (Å²) in [6.07, 6.45) is -3.77. The third-order valence-corrected chi connectivity index (χ3v) is 7.78. The third-order valence-electron chi connectivity index (χ3n) is 7.78. The van der Waals surface area contributed by atoms with Crippen LogP contribution in [0, 0.1) is 11.8 Å². The highest BCUT2D eigenvalue weighted by molar-refractivity contribution is 5.97. The second-order valence-corrected chi connectivity index (χ2v) is 10.1. The molecule has 3 heterocycles. The molecule has 0 bridgehead atoms. The molecule has 1 fully saturated rings. The van der Waals surface area contributed by atoms with Crippen LogP contribution in [0.3, 0.4) is 0 Å². The van der Waals surface area contributed by atoms with Crippen LogP contribution >= 0.6 is 0 Å². The van der Waals surface area contributed by atoms with Gasteiger partial charge in [0.15, 0.2) is 6.29 Å². The van der Waals surface area contributed by atoms with Crippen LogP contribution in [0.2, 0.25) is 0 Å². The van der Waals surface area contributed by atoms with Gasteiger partial charge < -0.3 is 55.2 Å². The van der Waals surface area contributed by atoms with Crippen molar-refractivity contribution in [1.29, 1.82) is 0 Å². The molecule has 13 nitrogen and oxygen atoms in total. The Kier molecular flexibility index (Phi) is 8.24. The number of carbonyl (C=O) groups excluding carboxylic acids is 1. The van der Waals surface area contributed by atoms with Crippen molar-refractivity contribution >= 4 is 22.8 Å². The summed E-state index contributed by atoms with van der Waals surface area (Å²) >= 11 is 0. The van der Waals surface area contributed by atoms with Crippen molar-refractivity contribution in [2.24, 2.45) is 11.8 Å². The molecule has 9 atom stereocenters. The largest absolute Gasteiger partial charge is 0.480 e. The first-order chi connectivity index (χ1) is 19.2. The Morgan fingerprint density at radius 3 is 2.60 bits per heavy atom. The highest BCUT2D eigenvalue weighted by Gasteiger charge is 2.49. The number of rotatable bonds is 9. The Morgan fingerprint density at radius 2 is 1.88 bits per heavy atom. The fourth-order valence-electron chi connectivity index (χ4n) is 5.60. The fourth-order valence-corrected chi connectivity index (χ4v) is 5.60. The van der Waals surface area contributed by atoms with Gasteiger partial charge in [-0.25, -0.2) is 4.79 Å². The fraction of sp³-hybridized carbons (Fsp3) is 0.481. The number of aliphatic hydroxyl groups is 5. The van der Waals surface area contributed by atoms with Crippen LogP contribution in [0.5, 0.6) is 0 Å². The van der Waals surface area contributed by atoms with E-state index in [1.54, 1.807) is 12.3 Å². The number of benzene rings is 1. The van der Waals surface area contributed by atoms with Gasteiger partial charge in [0, 0.05) is 29.4 Å². The Balaban J connectivity index is 1.33. The van der Waals surface area contributed by atoms with E-state index in [1.165, 1.54) is 0 Å². The van der Waals surface area contributed by atoms with Crippen molar-refractivity contribution in [2.45, 2.75) is 55.9 Å². The molecule has 1 amide bonds. The van der Waals surface area contributed by atoms with Crippen LogP contribution in [0.1, 0.15) is 12.0 Å². The second-order valence-electron chi connectivity index (χ2n) is 10.1. The number of aromatic nitrogens is 1. The number of hydrogen-bond donors (Lipinski definition) is 8. The van der Waals surface area contributed by atoms with Gasteiger partial charge in [-0.2, -0.15) is 0 Å². The molecular weight excluding hydrogens is 528 g/mol. The molecule has 13 heteroatoms. The summed E-state index contributed by atoms with van der Waals surface area (Å²) < 4.78 is 16.9. The summed E-state index contributed by atoms with van der Waals surface area (Å²) in [4.78, 5) is 28.5. The average Bonchev–Trinajstić information content (AvgIpc) is 3.57. The van der Waals surface area contributed by atoms with Crippen molar-refractivity contribution in [3.05, 3.63) is 59.5 Å². The number of amides is 1. The molecule has 1 aromatic carbocycles. The molecule has 2 aromatic rings. The number of nitrogens with one attached hydrogen (secondary N) is 2. The standard InChI is InChI=1S/C27H32N2O11/c30-9-12-5-6-15-16(11-38-26(20(12)15)40-27-23(34)22(33)21(32)19(10-31)39-27)24(35)29-18(25(36)37)7-13-8-28-17-4-2-1-3-14(13)17/h1-5,8,11,15,18-23,26-28,30-34H,6-7,9-10H2,(H,29,35)(H,36,37). The van der Waals surface area contributed by atoms with E-state index < -0.39 is 73.4 Å². The number of H-pyrrole nitrogens is 1. The SMILES string of the molecule is O=C(NC(Cc1c[nH]c2ccccc12)C(=O)O)C1=COC(OC2OC(CO)C(O)C(O)C2O)C2C(CO)=CCC12. The minimum atomic E-state index is -1.67. The first-order valence-corrected chi connectivity index (χ1v) is 12.9. The van der Waals surface area contributed by atoms with Crippen molar-refractivity contribution in [2.75, 3.05) is 13.2 Å². The molecule has 8 N–H and O–H groups in total. The van der Waals surface area contributed by atoms with Gasteiger partial charge in [-0.3, -0.25) is 4.79 Å². The van der Waals surface area contributed by atoms with E-state index in [0.29, 0.717) is 12.0 Å². The number of carboxylic acids is 1. The van der Waals surface area contributed by atoms with Gasteiger partial charge in [0.2, 0.25) is 6.29 Å². The van der Waals surface area contributed by atoms with Gasteiger partial charge in [-0.1, -0.05) is 24.3 Å². The van der Waals surface area contributed by atoms with Crippen LogP contribution in [-0.2, 0) is 30.2 Å². The van der Waals surface area contributed by atoms with E-state index in [-0.39, 0.29) is 18.6 Å². The van der Waals surface area contributed by atoms with Crippen molar-refractivity contribution in [3.63, 3.8) is 0 Å². The maximum Gasteiger partial charge on any atom is 0.326 e. The van der Waals surface area contributed by atoms with Gasteiger partial charge >= 0.3 is 5.97 Å². The molecule has 0 saturated carbocycles. The van der Waals surface area contributed by atoms with Gasteiger partial charge in [0.1, 0.15) is 30.5 Å². The quantitative estimate of drug-likeness (QED) is 0.172. The Morgan fingerprint density at radius 1 is 1.10 bits per heavy atom. The number of aliphatic carboxylic acids is 1. The van der Waals surface area contributed by atoms with Crippen molar-refractivity contribution < 1.29 is 54.4 Å². The number of aromatic amines is 1. The molecule has 0 radical (unpaired) electrons. The van der Waals surface area contributed by atoms with Crippen molar-refractivity contribution in [1.82, 2.24) is 10.3 Å². The van der Waals surface area contributed by atoms with E-state index >= 15 is 0 Å². The van der Waals surface area contributed by atoms with Crippen LogP contribution in [0.15, 0.2) is 53.9 Å². The minimum absolute atomic E-state index is 0.0380. The second kappa shape index (κ2) is 11.7. The molecule has 0 spiro atoms. The van der Waals surface area contributed by atoms with E-state index in [4.69, 9.17) is 14.2 Å². The first-order valence-electron chi connectivity index (χ1n) is 12.9. The topological polar surface area (TPSA) is 211 Å².